The molecule has 0 unspecified atom stereocenters. The molecular formula is C18H13BrN2O3. The number of hydrogen-bond donors (Lipinski definition) is 1. The van der Waals surface area contributed by atoms with Crippen molar-refractivity contribution in [1.82, 2.24) is 0 Å². The maximum atomic E-state index is 12.2. The third-order valence-corrected chi connectivity index (χ3v) is 3.43. The molecular weight excluding hydrogens is 372 g/mol. The fourth-order valence-corrected chi connectivity index (χ4v) is 2.15. The van der Waals surface area contributed by atoms with Crippen LogP contribution in [0.1, 0.15) is 12.5 Å². The van der Waals surface area contributed by atoms with E-state index < -0.39 is 11.9 Å². The van der Waals surface area contributed by atoms with Gasteiger partial charge in [-0.1, -0.05) is 28.1 Å². The minimum Gasteiger partial charge on any atom is -0.427 e. The molecule has 0 aliphatic heterocycles. The first-order valence-electron chi connectivity index (χ1n) is 6.95. The number of carbonyl (C=O) groups is 2. The molecule has 1 amide bonds. The van der Waals surface area contributed by atoms with E-state index in [1.807, 2.05) is 6.07 Å². The predicted octanol–water partition coefficient (Wildman–Crippen LogP) is 3.92. The molecule has 2 aromatic carbocycles. The number of nitrogens with zero attached hydrogens (tertiary/aromatic N) is 1. The minimum absolute atomic E-state index is 0.0575. The van der Waals surface area contributed by atoms with Crippen molar-refractivity contribution in [2.24, 2.45) is 0 Å². The number of ether oxygens (including phenoxy) is 1. The number of esters is 1. The lowest BCUT2D eigenvalue weighted by molar-refractivity contribution is -0.131. The van der Waals surface area contributed by atoms with Crippen molar-refractivity contribution in [1.29, 1.82) is 5.26 Å². The van der Waals surface area contributed by atoms with Crippen LogP contribution in [0, 0.1) is 11.3 Å². The van der Waals surface area contributed by atoms with Gasteiger partial charge in [-0.05, 0) is 48.0 Å². The quantitative estimate of drug-likeness (QED) is 0.375. The Morgan fingerprint density at radius 3 is 2.54 bits per heavy atom. The Hall–Kier alpha value is -2.91. The van der Waals surface area contributed by atoms with Crippen molar-refractivity contribution in [3.05, 3.63) is 64.1 Å². The van der Waals surface area contributed by atoms with Gasteiger partial charge in [-0.25, -0.2) is 0 Å². The topological polar surface area (TPSA) is 79.2 Å². The van der Waals surface area contributed by atoms with Crippen LogP contribution in [0.2, 0.25) is 0 Å². The number of anilines is 1. The lowest BCUT2D eigenvalue weighted by Gasteiger charge is -2.05. The molecule has 0 saturated carbocycles. The molecule has 0 spiro atoms. The van der Waals surface area contributed by atoms with E-state index >= 15 is 0 Å². The lowest BCUT2D eigenvalue weighted by atomic mass is 10.1. The van der Waals surface area contributed by atoms with Crippen LogP contribution in [-0.4, -0.2) is 11.9 Å². The Bertz CT molecular complexity index is 836. The summed E-state index contributed by atoms with van der Waals surface area (Å²) in [7, 11) is 0. The first-order valence-corrected chi connectivity index (χ1v) is 7.74. The number of nitriles is 1. The molecule has 0 saturated heterocycles. The zero-order chi connectivity index (χ0) is 17.5. The summed E-state index contributed by atoms with van der Waals surface area (Å²) in [6.45, 7) is 1.30. The van der Waals surface area contributed by atoms with E-state index in [0.29, 0.717) is 17.0 Å². The normalized spacial score (nSPS) is 10.6. The van der Waals surface area contributed by atoms with Crippen LogP contribution in [0.25, 0.3) is 6.08 Å². The van der Waals surface area contributed by atoms with Crippen LogP contribution in [0.4, 0.5) is 5.69 Å². The molecule has 24 heavy (non-hydrogen) atoms. The predicted molar refractivity (Wildman–Crippen MR) is 94.1 cm³/mol. The smallest absolute Gasteiger partial charge is 0.308 e. The molecule has 0 aliphatic rings. The maximum Gasteiger partial charge on any atom is 0.308 e. The fraction of sp³-hybridized carbons (Fsp3) is 0.0556. The van der Waals surface area contributed by atoms with Gasteiger partial charge in [0.05, 0.1) is 0 Å². The summed E-state index contributed by atoms with van der Waals surface area (Å²) in [6, 6.07) is 15.5. The molecule has 5 nitrogen and oxygen atoms in total. The summed E-state index contributed by atoms with van der Waals surface area (Å²) in [4.78, 5) is 23.2. The third kappa shape index (κ3) is 5.07. The van der Waals surface area contributed by atoms with E-state index in [4.69, 9.17) is 4.74 Å². The molecule has 2 rings (SSSR count). The second kappa shape index (κ2) is 8.09. The van der Waals surface area contributed by atoms with Crippen LogP contribution in [0.5, 0.6) is 5.75 Å². The average molecular weight is 385 g/mol. The number of amides is 1. The molecule has 2 aromatic rings. The highest BCUT2D eigenvalue weighted by atomic mass is 79.9. The summed E-state index contributed by atoms with van der Waals surface area (Å²) in [5.74, 6) is -0.607. The van der Waals surface area contributed by atoms with Crippen molar-refractivity contribution in [3.8, 4) is 11.8 Å². The van der Waals surface area contributed by atoms with E-state index in [1.165, 1.54) is 13.0 Å². The zero-order valence-corrected chi connectivity index (χ0v) is 14.3. The van der Waals surface area contributed by atoms with E-state index in [0.717, 1.165) is 4.47 Å². The number of hydrogen-bond acceptors (Lipinski definition) is 4. The van der Waals surface area contributed by atoms with Crippen molar-refractivity contribution in [2.45, 2.75) is 6.92 Å². The average Bonchev–Trinajstić information content (AvgIpc) is 2.54. The van der Waals surface area contributed by atoms with Crippen molar-refractivity contribution in [3.63, 3.8) is 0 Å². The van der Waals surface area contributed by atoms with Crippen LogP contribution < -0.4 is 10.1 Å². The Balaban J connectivity index is 2.19. The van der Waals surface area contributed by atoms with Crippen LogP contribution >= 0.6 is 15.9 Å². The van der Waals surface area contributed by atoms with Gasteiger partial charge in [0.1, 0.15) is 17.4 Å². The van der Waals surface area contributed by atoms with Gasteiger partial charge in [0.15, 0.2) is 0 Å². The number of nitrogens with one attached hydrogen (secondary N) is 1. The Labute approximate surface area is 147 Å². The monoisotopic (exact) mass is 384 g/mol. The second-order valence-corrected chi connectivity index (χ2v) is 5.71. The molecule has 6 heteroatoms. The third-order valence-electron chi connectivity index (χ3n) is 2.90. The Morgan fingerprint density at radius 2 is 1.92 bits per heavy atom. The minimum atomic E-state index is -0.516. The van der Waals surface area contributed by atoms with E-state index in [2.05, 4.69) is 21.2 Å². The molecule has 0 bridgehead atoms. The summed E-state index contributed by atoms with van der Waals surface area (Å²) < 4.78 is 5.87. The molecule has 0 fully saturated rings. The van der Waals surface area contributed by atoms with E-state index in [1.54, 1.807) is 48.5 Å². The molecule has 1 N–H and O–H groups in total. The molecule has 0 atom stereocenters. The summed E-state index contributed by atoms with van der Waals surface area (Å²) in [5.41, 5.74) is 1.10. The summed E-state index contributed by atoms with van der Waals surface area (Å²) in [6.07, 6.45) is 1.43. The molecule has 120 valence electrons. The van der Waals surface area contributed by atoms with Crippen molar-refractivity contribution >= 4 is 39.6 Å². The van der Waals surface area contributed by atoms with Gasteiger partial charge in [0.2, 0.25) is 0 Å². The molecule has 0 aromatic heterocycles. The highest BCUT2D eigenvalue weighted by Gasteiger charge is 2.10. The number of rotatable bonds is 4. The van der Waals surface area contributed by atoms with Crippen molar-refractivity contribution in [2.75, 3.05) is 5.32 Å². The lowest BCUT2D eigenvalue weighted by Crippen LogP contribution is -2.13. The SMILES string of the molecule is CC(=O)Oc1cccc(C=C(C#N)C(=O)Nc2ccc(Br)cc2)c1. The number of halogens is 1. The fourth-order valence-electron chi connectivity index (χ4n) is 1.88. The van der Waals surface area contributed by atoms with Gasteiger partial charge >= 0.3 is 5.97 Å². The maximum absolute atomic E-state index is 12.2. The van der Waals surface area contributed by atoms with E-state index in [9.17, 15) is 14.9 Å². The largest absolute Gasteiger partial charge is 0.427 e. The number of carbonyl (C=O) groups excluding carboxylic acids is 2. The standard InChI is InChI=1S/C18H13BrN2O3/c1-12(22)24-17-4-2-3-13(10-17)9-14(11-20)18(23)21-16-7-5-15(19)6-8-16/h2-10H,1H3,(H,21,23). The highest BCUT2D eigenvalue weighted by Crippen LogP contribution is 2.18. The van der Waals surface area contributed by atoms with Gasteiger partial charge in [-0.3, -0.25) is 9.59 Å². The van der Waals surface area contributed by atoms with Gasteiger partial charge in [0, 0.05) is 17.1 Å². The second-order valence-electron chi connectivity index (χ2n) is 4.80. The van der Waals surface area contributed by atoms with Crippen LogP contribution in [-0.2, 0) is 9.59 Å². The summed E-state index contributed by atoms with van der Waals surface area (Å²) >= 11 is 3.31. The van der Waals surface area contributed by atoms with Gasteiger partial charge in [0.25, 0.3) is 5.91 Å². The van der Waals surface area contributed by atoms with Crippen molar-refractivity contribution < 1.29 is 14.3 Å². The number of benzene rings is 2. The van der Waals surface area contributed by atoms with Crippen LogP contribution in [0.3, 0.4) is 0 Å². The van der Waals surface area contributed by atoms with E-state index in [-0.39, 0.29) is 5.57 Å². The van der Waals surface area contributed by atoms with Gasteiger partial charge in [-0.2, -0.15) is 5.26 Å². The highest BCUT2D eigenvalue weighted by molar-refractivity contribution is 9.10. The van der Waals surface area contributed by atoms with Gasteiger partial charge in [-0.15, -0.1) is 0 Å². The van der Waals surface area contributed by atoms with Crippen LogP contribution in [0.15, 0.2) is 58.6 Å². The van der Waals surface area contributed by atoms with Gasteiger partial charge < -0.3 is 10.1 Å². The summed E-state index contributed by atoms with van der Waals surface area (Å²) in [5, 5.41) is 11.9. The molecule has 0 radical (unpaired) electrons. The Kier molecular flexibility index (Phi) is 5.88. The molecule has 0 heterocycles. The first-order chi connectivity index (χ1) is 11.5. The first kappa shape index (κ1) is 17.4. The molecule has 0 aliphatic carbocycles. The zero-order valence-electron chi connectivity index (χ0n) is 12.7. The Morgan fingerprint density at radius 1 is 1.21 bits per heavy atom.